The van der Waals surface area contributed by atoms with E-state index in [-0.39, 0.29) is 5.97 Å². The van der Waals surface area contributed by atoms with E-state index in [0.29, 0.717) is 5.56 Å². The van der Waals surface area contributed by atoms with Crippen LogP contribution in [0.3, 0.4) is 0 Å². The molecule has 0 amide bonds. The Kier molecular flexibility index (Phi) is 3.67. The average Bonchev–Trinajstić information content (AvgIpc) is 2.35. The van der Waals surface area contributed by atoms with Crippen LogP contribution in [0.4, 0.5) is 0 Å². The van der Waals surface area contributed by atoms with Gasteiger partial charge in [0.25, 0.3) is 0 Å². The first-order valence-corrected chi connectivity index (χ1v) is 6.70. The van der Waals surface area contributed by atoms with E-state index in [1.165, 1.54) is 0 Å². The van der Waals surface area contributed by atoms with E-state index in [2.05, 4.69) is 6.58 Å². The SMILES string of the molecule is C=C(C)c1ccc2ccccc2c1C(=O)OC(C)(C)C. The fourth-order valence-corrected chi connectivity index (χ4v) is 2.18. The number of esters is 1. The lowest BCUT2D eigenvalue weighted by atomic mass is 9.95. The highest BCUT2D eigenvalue weighted by Gasteiger charge is 2.22. The lowest BCUT2D eigenvalue weighted by Crippen LogP contribution is -2.24. The van der Waals surface area contributed by atoms with Crippen molar-refractivity contribution in [2.75, 3.05) is 0 Å². The molecule has 0 aliphatic heterocycles. The fraction of sp³-hybridized carbons (Fsp3) is 0.278. The van der Waals surface area contributed by atoms with E-state index in [1.807, 2.05) is 64.1 Å². The minimum atomic E-state index is -0.514. The van der Waals surface area contributed by atoms with Crippen LogP contribution in [0.25, 0.3) is 16.3 Å². The van der Waals surface area contributed by atoms with E-state index in [9.17, 15) is 4.79 Å². The van der Waals surface area contributed by atoms with E-state index >= 15 is 0 Å². The number of hydrogen-bond acceptors (Lipinski definition) is 2. The van der Waals surface area contributed by atoms with Gasteiger partial charge in [0.2, 0.25) is 0 Å². The highest BCUT2D eigenvalue weighted by molar-refractivity contribution is 6.08. The van der Waals surface area contributed by atoms with Crippen molar-refractivity contribution in [3.8, 4) is 0 Å². The maximum Gasteiger partial charge on any atom is 0.339 e. The summed E-state index contributed by atoms with van der Waals surface area (Å²) >= 11 is 0. The van der Waals surface area contributed by atoms with E-state index in [0.717, 1.165) is 21.9 Å². The van der Waals surface area contributed by atoms with Gasteiger partial charge in [0.05, 0.1) is 5.56 Å². The van der Waals surface area contributed by atoms with Gasteiger partial charge in [0.15, 0.2) is 0 Å². The van der Waals surface area contributed by atoms with Gasteiger partial charge in [-0.2, -0.15) is 0 Å². The molecule has 0 aliphatic rings. The van der Waals surface area contributed by atoms with Crippen molar-refractivity contribution in [2.45, 2.75) is 33.3 Å². The second-order valence-electron chi connectivity index (χ2n) is 5.99. The third kappa shape index (κ3) is 2.90. The van der Waals surface area contributed by atoms with Crippen LogP contribution in [0.15, 0.2) is 43.0 Å². The van der Waals surface area contributed by atoms with Crippen LogP contribution in [-0.2, 0) is 4.74 Å². The molecule has 0 radical (unpaired) electrons. The lowest BCUT2D eigenvalue weighted by molar-refractivity contribution is 0.00715. The molecule has 0 bridgehead atoms. The topological polar surface area (TPSA) is 26.3 Å². The fourth-order valence-electron chi connectivity index (χ4n) is 2.18. The minimum absolute atomic E-state index is 0.299. The zero-order valence-corrected chi connectivity index (χ0v) is 12.5. The number of carbonyl (C=O) groups excluding carboxylic acids is 1. The zero-order valence-electron chi connectivity index (χ0n) is 12.5. The Morgan fingerprint density at radius 3 is 2.35 bits per heavy atom. The van der Waals surface area contributed by atoms with Crippen LogP contribution < -0.4 is 0 Å². The molecule has 20 heavy (non-hydrogen) atoms. The molecule has 2 heteroatoms. The van der Waals surface area contributed by atoms with E-state index in [1.54, 1.807) is 0 Å². The molecule has 0 spiro atoms. The molecule has 0 N–H and O–H groups in total. The molecule has 0 aliphatic carbocycles. The molecule has 2 rings (SSSR count). The van der Waals surface area contributed by atoms with E-state index < -0.39 is 5.60 Å². The van der Waals surface area contributed by atoms with Crippen LogP contribution in [-0.4, -0.2) is 11.6 Å². The quantitative estimate of drug-likeness (QED) is 0.729. The molecule has 104 valence electrons. The van der Waals surface area contributed by atoms with Crippen molar-refractivity contribution >= 4 is 22.3 Å². The van der Waals surface area contributed by atoms with Gasteiger partial charge in [0.1, 0.15) is 5.60 Å². The standard InChI is InChI=1S/C18H20O2/c1-12(2)14-11-10-13-8-6-7-9-15(13)16(14)17(19)20-18(3,4)5/h6-11H,1H2,2-5H3. The predicted octanol–water partition coefficient (Wildman–Crippen LogP) is 4.83. The van der Waals surface area contributed by atoms with Crippen LogP contribution >= 0.6 is 0 Å². The van der Waals surface area contributed by atoms with Gasteiger partial charge < -0.3 is 4.74 Å². The largest absolute Gasteiger partial charge is 0.456 e. The van der Waals surface area contributed by atoms with Crippen LogP contribution in [0.1, 0.15) is 43.6 Å². The first-order chi connectivity index (χ1) is 9.29. The Labute approximate surface area is 120 Å². The van der Waals surface area contributed by atoms with Crippen molar-refractivity contribution in [3.63, 3.8) is 0 Å². The number of fused-ring (bicyclic) bond motifs is 1. The van der Waals surface area contributed by atoms with Gasteiger partial charge in [-0.15, -0.1) is 0 Å². The van der Waals surface area contributed by atoms with Crippen LogP contribution in [0, 0.1) is 0 Å². The van der Waals surface area contributed by atoms with Crippen LogP contribution in [0.2, 0.25) is 0 Å². The smallest absolute Gasteiger partial charge is 0.339 e. The lowest BCUT2D eigenvalue weighted by Gasteiger charge is -2.21. The van der Waals surface area contributed by atoms with Gasteiger partial charge in [-0.05, 0) is 44.0 Å². The summed E-state index contributed by atoms with van der Waals surface area (Å²) in [5, 5.41) is 1.93. The number of allylic oxidation sites excluding steroid dienone is 1. The van der Waals surface area contributed by atoms with Crippen molar-refractivity contribution in [1.29, 1.82) is 0 Å². The molecule has 0 unspecified atom stereocenters. The maximum atomic E-state index is 12.5. The Morgan fingerprint density at radius 2 is 1.75 bits per heavy atom. The summed E-state index contributed by atoms with van der Waals surface area (Å²) in [4.78, 5) is 12.5. The molecular weight excluding hydrogens is 248 g/mol. The number of benzene rings is 2. The maximum absolute atomic E-state index is 12.5. The Balaban J connectivity index is 2.67. The number of rotatable bonds is 2. The molecule has 0 fully saturated rings. The number of carbonyl (C=O) groups is 1. The van der Waals surface area contributed by atoms with Crippen molar-refractivity contribution in [1.82, 2.24) is 0 Å². The second kappa shape index (κ2) is 5.12. The number of ether oxygens (including phenoxy) is 1. The second-order valence-corrected chi connectivity index (χ2v) is 5.99. The van der Waals surface area contributed by atoms with Crippen molar-refractivity contribution in [3.05, 3.63) is 54.1 Å². The summed E-state index contributed by atoms with van der Waals surface area (Å²) in [5.41, 5.74) is 1.79. The first kappa shape index (κ1) is 14.3. The Morgan fingerprint density at radius 1 is 1.10 bits per heavy atom. The third-order valence-corrected chi connectivity index (χ3v) is 2.99. The van der Waals surface area contributed by atoms with Gasteiger partial charge >= 0.3 is 5.97 Å². The summed E-state index contributed by atoms with van der Waals surface area (Å²) in [7, 11) is 0. The molecule has 2 aromatic rings. The highest BCUT2D eigenvalue weighted by atomic mass is 16.6. The third-order valence-electron chi connectivity index (χ3n) is 2.99. The summed E-state index contributed by atoms with van der Waals surface area (Å²) < 4.78 is 5.54. The first-order valence-electron chi connectivity index (χ1n) is 6.70. The predicted molar refractivity (Wildman–Crippen MR) is 83.8 cm³/mol. The highest BCUT2D eigenvalue weighted by Crippen LogP contribution is 2.28. The van der Waals surface area contributed by atoms with Gasteiger partial charge in [-0.25, -0.2) is 4.79 Å². The van der Waals surface area contributed by atoms with Gasteiger partial charge in [-0.3, -0.25) is 0 Å². The molecule has 0 atom stereocenters. The molecule has 0 saturated carbocycles. The molecular formula is C18H20O2. The van der Waals surface area contributed by atoms with Crippen LogP contribution in [0.5, 0.6) is 0 Å². The number of hydrogen-bond donors (Lipinski definition) is 0. The molecule has 0 heterocycles. The minimum Gasteiger partial charge on any atom is -0.456 e. The molecule has 2 nitrogen and oxygen atoms in total. The Hall–Kier alpha value is -2.09. The van der Waals surface area contributed by atoms with Crippen molar-refractivity contribution in [2.24, 2.45) is 0 Å². The normalized spacial score (nSPS) is 11.4. The van der Waals surface area contributed by atoms with Gasteiger partial charge in [0, 0.05) is 0 Å². The van der Waals surface area contributed by atoms with Gasteiger partial charge in [-0.1, -0.05) is 48.6 Å². The average molecular weight is 268 g/mol. The van der Waals surface area contributed by atoms with Crippen molar-refractivity contribution < 1.29 is 9.53 Å². The molecule has 0 saturated heterocycles. The zero-order chi connectivity index (χ0) is 14.9. The van der Waals surface area contributed by atoms with E-state index in [4.69, 9.17) is 4.74 Å². The summed E-state index contributed by atoms with van der Waals surface area (Å²) in [6.07, 6.45) is 0. The molecule has 0 aromatic heterocycles. The molecule has 2 aromatic carbocycles. The Bertz CT molecular complexity index is 675. The summed E-state index contributed by atoms with van der Waals surface area (Å²) in [5.74, 6) is -0.299. The monoisotopic (exact) mass is 268 g/mol. The summed E-state index contributed by atoms with van der Waals surface area (Å²) in [6.45, 7) is 11.5. The summed E-state index contributed by atoms with van der Waals surface area (Å²) in [6, 6.07) is 11.8.